The minimum Gasteiger partial charge on any atom is -0.0654 e. The van der Waals surface area contributed by atoms with Crippen LogP contribution in [0.3, 0.4) is 0 Å². The maximum absolute atomic E-state index is 2.54. The Morgan fingerprint density at radius 1 is 0.397 bits per heavy atom. The lowest BCUT2D eigenvalue weighted by Crippen LogP contribution is -2.47. The second-order valence-electron chi connectivity index (χ2n) is 16.9. The van der Waals surface area contributed by atoms with Gasteiger partial charge in [-0.1, -0.05) is 225 Å². The van der Waals surface area contributed by atoms with Crippen molar-refractivity contribution in [2.75, 3.05) is 0 Å². The van der Waals surface area contributed by atoms with E-state index in [4.69, 9.17) is 0 Å². The summed E-state index contributed by atoms with van der Waals surface area (Å²) in [6.45, 7) is 11.2. The maximum Gasteiger partial charge on any atom is 0.0461 e. The van der Waals surface area contributed by atoms with Crippen molar-refractivity contribution >= 4 is 47.7 Å². The van der Waals surface area contributed by atoms with Gasteiger partial charge in [0, 0.05) is 11.3 Å². The standard InChI is InChI=1S/C56H56P2/c1-6-7-8-9-10-13-38-56-48-17-12-11-16-47(48)53(54-49(56)18-14-20-51(54)57(43-30-22-39(2)23-31-43)44-32-24-40(3)25-33-44)55-50(56)19-15-21-52(55)58(45-34-26-41(4)27-35-45)46-36-28-42(5)29-37-46/h11-12,14-37,53H,6-10,13,38H2,1-5H3. The van der Waals surface area contributed by atoms with Crippen LogP contribution >= 0.6 is 15.8 Å². The smallest absolute Gasteiger partial charge is 0.0461 e. The molecule has 0 radical (unpaired) electrons. The van der Waals surface area contributed by atoms with Crippen LogP contribution in [0.2, 0.25) is 0 Å². The first-order valence-corrected chi connectivity index (χ1v) is 24.3. The monoisotopic (exact) mass is 790 g/mol. The Labute approximate surface area is 350 Å². The minimum absolute atomic E-state index is 0.141. The van der Waals surface area contributed by atoms with Crippen LogP contribution in [0, 0.1) is 27.7 Å². The molecule has 2 bridgehead atoms. The average Bonchev–Trinajstić information content (AvgIpc) is 3.25. The molecule has 0 fully saturated rings. The normalized spacial score (nSPS) is 16.4. The Kier molecular flexibility index (Phi) is 11.1. The van der Waals surface area contributed by atoms with Crippen molar-refractivity contribution in [3.05, 3.63) is 213 Å². The molecule has 0 aromatic heterocycles. The summed E-state index contributed by atoms with van der Waals surface area (Å²) in [7, 11) is -1.67. The van der Waals surface area contributed by atoms with Crippen LogP contribution < -0.4 is 31.8 Å². The van der Waals surface area contributed by atoms with E-state index in [9.17, 15) is 0 Å². The Morgan fingerprint density at radius 3 is 1.21 bits per heavy atom. The predicted molar refractivity (Wildman–Crippen MR) is 255 cm³/mol. The van der Waals surface area contributed by atoms with Crippen LogP contribution in [-0.4, -0.2) is 0 Å². The van der Waals surface area contributed by atoms with E-state index in [2.05, 4.69) is 192 Å². The lowest BCUT2D eigenvalue weighted by Gasteiger charge is -2.53. The van der Waals surface area contributed by atoms with Gasteiger partial charge < -0.3 is 0 Å². The zero-order valence-corrected chi connectivity index (χ0v) is 36.7. The summed E-state index contributed by atoms with van der Waals surface area (Å²) in [5.41, 5.74) is 14.3. The van der Waals surface area contributed by atoms with Gasteiger partial charge in [0.15, 0.2) is 0 Å². The third-order valence-electron chi connectivity index (χ3n) is 13.0. The van der Waals surface area contributed by atoms with Crippen molar-refractivity contribution in [3.63, 3.8) is 0 Å². The Hall–Kier alpha value is -4.60. The molecule has 0 spiro atoms. The van der Waals surface area contributed by atoms with E-state index in [0.717, 1.165) is 6.42 Å². The van der Waals surface area contributed by atoms with Crippen molar-refractivity contribution in [1.82, 2.24) is 0 Å². The van der Waals surface area contributed by atoms with E-state index in [-0.39, 0.29) is 11.3 Å². The third-order valence-corrected chi connectivity index (χ3v) is 18.0. The van der Waals surface area contributed by atoms with Gasteiger partial charge in [-0.25, -0.2) is 0 Å². The van der Waals surface area contributed by atoms with Crippen LogP contribution in [-0.2, 0) is 5.41 Å². The van der Waals surface area contributed by atoms with E-state index in [1.165, 1.54) is 104 Å². The van der Waals surface area contributed by atoms with Crippen molar-refractivity contribution < 1.29 is 0 Å². The van der Waals surface area contributed by atoms with Gasteiger partial charge in [-0.2, -0.15) is 0 Å². The average molecular weight is 791 g/mol. The molecule has 3 aliphatic carbocycles. The van der Waals surface area contributed by atoms with Gasteiger partial charge in [0.25, 0.3) is 0 Å². The summed E-state index contributed by atoms with van der Waals surface area (Å²) in [6.07, 6.45) is 8.86. The number of hydrogen-bond acceptors (Lipinski definition) is 0. The molecule has 0 atom stereocenters. The molecule has 0 amide bonds. The summed E-state index contributed by atoms with van der Waals surface area (Å²) in [4.78, 5) is 0. The van der Waals surface area contributed by atoms with Crippen molar-refractivity contribution in [1.29, 1.82) is 0 Å². The van der Waals surface area contributed by atoms with Gasteiger partial charge in [-0.05, 0) is 115 Å². The lowest BCUT2D eigenvalue weighted by atomic mass is 9.51. The van der Waals surface area contributed by atoms with Crippen LogP contribution in [0.5, 0.6) is 0 Å². The van der Waals surface area contributed by atoms with Gasteiger partial charge >= 0.3 is 0 Å². The Morgan fingerprint density at radius 2 is 0.776 bits per heavy atom. The van der Waals surface area contributed by atoms with Crippen molar-refractivity contribution in [2.24, 2.45) is 0 Å². The molecular formula is C56H56P2. The molecule has 7 aromatic carbocycles. The predicted octanol–water partition coefficient (Wildman–Crippen LogP) is 12.3. The Balaban J connectivity index is 1.34. The molecule has 0 N–H and O–H groups in total. The number of benzene rings is 7. The van der Waals surface area contributed by atoms with Crippen molar-refractivity contribution in [2.45, 2.75) is 90.9 Å². The third kappa shape index (κ3) is 6.92. The summed E-state index contributed by atoms with van der Waals surface area (Å²) < 4.78 is 0. The second-order valence-corrected chi connectivity index (χ2v) is 21.3. The SMILES string of the molecule is CCCCCCCCC12c3ccccc3C(c3c(P(c4ccc(C)cc4)c4ccc(C)cc4)cccc31)c1c(P(c3ccc(C)cc3)c3ccc(C)cc3)cccc12. The maximum atomic E-state index is 2.54. The van der Waals surface area contributed by atoms with E-state index < -0.39 is 15.8 Å². The minimum atomic E-state index is -0.836. The van der Waals surface area contributed by atoms with E-state index in [1.807, 2.05) is 0 Å². The fourth-order valence-electron chi connectivity index (χ4n) is 10.1. The highest BCUT2D eigenvalue weighted by Crippen LogP contribution is 2.62. The van der Waals surface area contributed by atoms with Crippen LogP contribution in [0.25, 0.3) is 0 Å². The molecule has 58 heavy (non-hydrogen) atoms. The molecule has 0 saturated heterocycles. The van der Waals surface area contributed by atoms with Crippen LogP contribution in [0.15, 0.2) is 158 Å². The quantitative estimate of drug-likeness (QED) is 0.0806. The fraction of sp³-hybridized carbons (Fsp3) is 0.250. The largest absolute Gasteiger partial charge is 0.0654 e. The number of hydrogen-bond donors (Lipinski definition) is 0. The van der Waals surface area contributed by atoms with Crippen LogP contribution in [0.1, 0.15) is 113 Å². The molecule has 10 rings (SSSR count). The van der Waals surface area contributed by atoms with Gasteiger partial charge in [0.05, 0.1) is 0 Å². The van der Waals surface area contributed by atoms with Gasteiger partial charge in [-0.3, -0.25) is 0 Å². The Bertz CT molecular complexity index is 2290. The van der Waals surface area contributed by atoms with Gasteiger partial charge in [-0.15, -0.1) is 0 Å². The lowest BCUT2D eigenvalue weighted by molar-refractivity contribution is 0.466. The zero-order valence-electron chi connectivity index (χ0n) is 34.9. The molecule has 0 nitrogen and oxygen atoms in total. The summed E-state index contributed by atoms with van der Waals surface area (Å²) in [6, 6.07) is 62.4. The first kappa shape index (κ1) is 38.9. The highest BCUT2D eigenvalue weighted by molar-refractivity contribution is 7.80. The molecule has 0 saturated carbocycles. The molecule has 0 heterocycles. The first-order chi connectivity index (χ1) is 28.4. The molecule has 3 aliphatic rings. The van der Waals surface area contributed by atoms with Gasteiger partial charge in [0.2, 0.25) is 0 Å². The number of unbranched alkanes of at least 4 members (excludes halogenated alkanes) is 5. The number of aryl methyl sites for hydroxylation is 4. The highest BCUT2D eigenvalue weighted by atomic mass is 31.1. The molecule has 0 unspecified atom stereocenters. The molecule has 0 aliphatic heterocycles. The zero-order chi connectivity index (χ0) is 39.8. The second kappa shape index (κ2) is 16.6. The molecular weight excluding hydrogens is 735 g/mol. The van der Waals surface area contributed by atoms with E-state index in [0.29, 0.717) is 0 Å². The summed E-state index contributed by atoms with van der Waals surface area (Å²) >= 11 is 0. The number of rotatable bonds is 13. The summed E-state index contributed by atoms with van der Waals surface area (Å²) in [5.74, 6) is 0.141. The molecule has 290 valence electrons. The topological polar surface area (TPSA) is 0 Å². The van der Waals surface area contributed by atoms with E-state index >= 15 is 0 Å². The summed E-state index contributed by atoms with van der Waals surface area (Å²) in [5, 5.41) is 8.73. The molecule has 7 aromatic rings. The first-order valence-electron chi connectivity index (χ1n) is 21.6. The highest BCUT2D eigenvalue weighted by Gasteiger charge is 2.53. The van der Waals surface area contributed by atoms with Crippen LogP contribution in [0.4, 0.5) is 0 Å². The molecule has 2 heteroatoms. The van der Waals surface area contributed by atoms with Crippen molar-refractivity contribution in [3.8, 4) is 0 Å². The van der Waals surface area contributed by atoms with E-state index in [1.54, 1.807) is 22.3 Å². The fourth-order valence-corrected chi connectivity index (χ4v) is 15.0. The van der Waals surface area contributed by atoms with Gasteiger partial charge in [0.1, 0.15) is 0 Å².